The first kappa shape index (κ1) is 18.0. The Bertz CT molecular complexity index is 681. The molecule has 136 valence electrons. The van der Waals surface area contributed by atoms with Crippen molar-refractivity contribution >= 4 is 23.4 Å². The summed E-state index contributed by atoms with van der Waals surface area (Å²) in [7, 11) is 3.15. The van der Waals surface area contributed by atoms with Gasteiger partial charge in [-0.1, -0.05) is 11.6 Å². The average molecular weight is 367 g/mol. The van der Waals surface area contributed by atoms with Crippen LogP contribution >= 0.6 is 11.6 Å². The third-order valence-corrected chi connectivity index (χ3v) is 5.52. The summed E-state index contributed by atoms with van der Waals surface area (Å²) in [6.07, 6.45) is 1.51. The van der Waals surface area contributed by atoms with Gasteiger partial charge in [0.1, 0.15) is 5.75 Å². The van der Waals surface area contributed by atoms with Crippen LogP contribution in [-0.4, -0.2) is 68.6 Å². The molecule has 1 aromatic carbocycles. The first-order valence-corrected chi connectivity index (χ1v) is 8.80. The minimum atomic E-state index is -0.431. The second-order valence-electron chi connectivity index (χ2n) is 6.64. The monoisotopic (exact) mass is 366 g/mol. The van der Waals surface area contributed by atoms with E-state index in [1.54, 1.807) is 30.2 Å². The molecule has 25 heavy (non-hydrogen) atoms. The second-order valence-corrected chi connectivity index (χ2v) is 7.05. The quantitative estimate of drug-likeness (QED) is 0.800. The molecule has 2 aliphatic rings. The lowest BCUT2D eigenvalue weighted by atomic mass is 9.85. The van der Waals surface area contributed by atoms with Gasteiger partial charge in [-0.2, -0.15) is 0 Å². The number of halogens is 1. The van der Waals surface area contributed by atoms with Gasteiger partial charge < -0.3 is 19.3 Å². The van der Waals surface area contributed by atoms with Gasteiger partial charge >= 0.3 is 0 Å². The van der Waals surface area contributed by atoms with E-state index in [9.17, 15) is 9.59 Å². The lowest BCUT2D eigenvalue weighted by Crippen LogP contribution is -2.39. The minimum absolute atomic E-state index is 0.0880. The molecule has 7 heteroatoms. The second kappa shape index (κ2) is 7.22. The zero-order valence-corrected chi connectivity index (χ0v) is 15.3. The van der Waals surface area contributed by atoms with E-state index in [2.05, 4.69) is 0 Å². The van der Waals surface area contributed by atoms with Gasteiger partial charge in [-0.3, -0.25) is 9.59 Å². The highest BCUT2D eigenvalue weighted by atomic mass is 35.5. The van der Waals surface area contributed by atoms with Crippen LogP contribution in [0.4, 0.5) is 0 Å². The van der Waals surface area contributed by atoms with Crippen molar-refractivity contribution in [3.8, 4) is 5.75 Å². The zero-order chi connectivity index (χ0) is 18.0. The number of amides is 2. The van der Waals surface area contributed by atoms with Gasteiger partial charge in [0.2, 0.25) is 5.91 Å². The van der Waals surface area contributed by atoms with Crippen molar-refractivity contribution in [3.63, 3.8) is 0 Å². The van der Waals surface area contributed by atoms with Gasteiger partial charge in [-0.05, 0) is 31.0 Å². The molecule has 1 aromatic rings. The van der Waals surface area contributed by atoms with Crippen molar-refractivity contribution in [2.45, 2.75) is 12.8 Å². The molecule has 0 bridgehead atoms. The SMILES string of the molecule is COCCN1CCC2(CCN(C(=O)c3ccc(Cl)c(OC)c3)C2)C1=O. The number of hydrogen-bond donors (Lipinski definition) is 0. The fourth-order valence-electron chi connectivity index (χ4n) is 3.71. The summed E-state index contributed by atoms with van der Waals surface area (Å²) in [4.78, 5) is 29.2. The van der Waals surface area contributed by atoms with Crippen molar-refractivity contribution < 1.29 is 19.1 Å². The number of likely N-dealkylation sites (tertiary alicyclic amines) is 2. The summed E-state index contributed by atoms with van der Waals surface area (Å²) >= 11 is 6.03. The molecule has 2 heterocycles. The first-order chi connectivity index (χ1) is 12.0. The number of rotatable bonds is 5. The number of benzene rings is 1. The molecule has 0 radical (unpaired) electrons. The molecule has 0 saturated carbocycles. The van der Waals surface area contributed by atoms with Crippen LogP contribution in [0.2, 0.25) is 5.02 Å². The maximum absolute atomic E-state index is 12.8. The highest BCUT2D eigenvalue weighted by Gasteiger charge is 2.51. The van der Waals surface area contributed by atoms with E-state index in [0.717, 1.165) is 13.0 Å². The third-order valence-electron chi connectivity index (χ3n) is 5.21. The topological polar surface area (TPSA) is 59.1 Å². The molecule has 2 saturated heterocycles. The smallest absolute Gasteiger partial charge is 0.254 e. The van der Waals surface area contributed by atoms with E-state index < -0.39 is 5.41 Å². The first-order valence-electron chi connectivity index (χ1n) is 8.42. The van der Waals surface area contributed by atoms with E-state index in [-0.39, 0.29) is 11.8 Å². The molecule has 2 aliphatic heterocycles. The summed E-state index contributed by atoms with van der Waals surface area (Å²) in [6, 6.07) is 5.00. The normalized spacial score (nSPS) is 22.9. The Hall–Kier alpha value is -1.79. The summed E-state index contributed by atoms with van der Waals surface area (Å²) in [6.45, 7) is 2.94. The Morgan fingerprint density at radius 2 is 2.04 bits per heavy atom. The molecule has 0 aliphatic carbocycles. The number of carbonyl (C=O) groups is 2. The fraction of sp³-hybridized carbons (Fsp3) is 0.556. The Kier molecular flexibility index (Phi) is 5.20. The highest BCUT2D eigenvalue weighted by molar-refractivity contribution is 6.32. The molecule has 2 amide bonds. The third kappa shape index (κ3) is 3.33. The van der Waals surface area contributed by atoms with Crippen LogP contribution < -0.4 is 4.74 Å². The Morgan fingerprint density at radius 3 is 2.76 bits per heavy atom. The summed E-state index contributed by atoms with van der Waals surface area (Å²) in [5.74, 6) is 0.535. The molecule has 0 N–H and O–H groups in total. The number of nitrogens with zero attached hydrogens (tertiary/aromatic N) is 2. The van der Waals surface area contributed by atoms with Crippen LogP contribution in [0.5, 0.6) is 5.75 Å². The van der Waals surface area contributed by atoms with Crippen molar-refractivity contribution in [2.75, 3.05) is 47.0 Å². The van der Waals surface area contributed by atoms with Gasteiger partial charge in [0.05, 0.1) is 24.2 Å². The minimum Gasteiger partial charge on any atom is -0.495 e. The Morgan fingerprint density at radius 1 is 1.28 bits per heavy atom. The molecule has 3 rings (SSSR count). The fourth-order valence-corrected chi connectivity index (χ4v) is 3.90. The van der Waals surface area contributed by atoms with Gasteiger partial charge in [-0.15, -0.1) is 0 Å². The molecular formula is C18H23ClN2O4. The van der Waals surface area contributed by atoms with Crippen molar-refractivity contribution in [1.29, 1.82) is 0 Å². The molecular weight excluding hydrogens is 344 g/mol. The Labute approximate surface area is 152 Å². The molecule has 1 unspecified atom stereocenters. The predicted octanol–water partition coefficient (Wildman–Crippen LogP) is 2.06. The van der Waals surface area contributed by atoms with Crippen LogP contribution in [0.3, 0.4) is 0 Å². The van der Waals surface area contributed by atoms with Gasteiger partial charge in [0, 0.05) is 38.9 Å². The Balaban J connectivity index is 1.70. The highest BCUT2D eigenvalue weighted by Crippen LogP contribution is 2.41. The van der Waals surface area contributed by atoms with Gasteiger partial charge in [0.25, 0.3) is 5.91 Å². The van der Waals surface area contributed by atoms with E-state index in [4.69, 9.17) is 21.1 Å². The van der Waals surface area contributed by atoms with Crippen LogP contribution in [0.25, 0.3) is 0 Å². The standard InChI is InChI=1S/C18H23ClN2O4/c1-24-10-9-20-7-5-18(17(20)23)6-8-21(12-18)16(22)13-3-4-14(19)15(11-13)25-2/h3-4,11H,5-10,12H2,1-2H3. The molecule has 2 fully saturated rings. The van der Waals surface area contributed by atoms with E-state index in [1.807, 2.05) is 4.90 Å². The largest absolute Gasteiger partial charge is 0.495 e. The molecule has 1 spiro atoms. The van der Waals surface area contributed by atoms with Crippen LogP contribution in [0, 0.1) is 5.41 Å². The zero-order valence-electron chi connectivity index (χ0n) is 14.6. The summed E-state index contributed by atoms with van der Waals surface area (Å²) in [5, 5.41) is 0.469. The van der Waals surface area contributed by atoms with E-state index in [1.165, 1.54) is 7.11 Å². The molecule has 1 atom stereocenters. The lowest BCUT2D eigenvalue weighted by molar-refractivity contribution is -0.135. The summed E-state index contributed by atoms with van der Waals surface area (Å²) in [5.41, 5.74) is 0.0971. The molecule has 0 aromatic heterocycles. The van der Waals surface area contributed by atoms with Crippen molar-refractivity contribution in [3.05, 3.63) is 28.8 Å². The summed E-state index contributed by atoms with van der Waals surface area (Å²) < 4.78 is 10.3. The van der Waals surface area contributed by atoms with E-state index >= 15 is 0 Å². The maximum Gasteiger partial charge on any atom is 0.254 e. The average Bonchev–Trinajstić information content (AvgIpc) is 3.19. The van der Waals surface area contributed by atoms with Gasteiger partial charge in [-0.25, -0.2) is 0 Å². The van der Waals surface area contributed by atoms with Crippen LogP contribution in [-0.2, 0) is 9.53 Å². The number of methoxy groups -OCH3 is 2. The maximum atomic E-state index is 12.8. The van der Waals surface area contributed by atoms with Crippen LogP contribution in [0.1, 0.15) is 23.2 Å². The predicted molar refractivity (Wildman–Crippen MR) is 94.0 cm³/mol. The van der Waals surface area contributed by atoms with E-state index in [0.29, 0.717) is 49.0 Å². The van der Waals surface area contributed by atoms with Crippen molar-refractivity contribution in [1.82, 2.24) is 9.80 Å². The number of hydrogen-bond acceptors (Lipinski definition) is 4. The number of ether oxygens (including phenoxy) is 2. The van der Waals surface area contributed by atoms with Crippen molar-refractivity contribution in [2.24, 2.45) is 5.41 Å². The molecule has 6 nitrogen and oxygen atoms in total. The van der Waals surface area contributed by atoms with Crippen LogP contribution in [0.15, 0.2) is 18.2 Å². The lowest BCUT2D eigenvalue weighted by Gasteiger charge is -2.23. The van der Waals surface area contributed by atoms with Gasteiger partial charge in [0.15, 0.2) is 0 Å². The number of carbonyl (C=O) groups excluding carboxylic acids is 2.